The summed E-state index contributed by atoms with van der Waals surface area (Å²) in [5.41, 5.74) is 0. The third kappa shape index (κ3) is 4.12. The van der Waals surface area contributed by atoms with Gasteiger partial charge in [0.25, 0.3) is 0 Å². The molecule has 0 radical (unpaired) electrons. The van der Waals surface area contributed by atoms with Crippen LogP contribution in [0.5, 0.6) is 0 Å². The molecule has 84 valence electrons. The predicted molar refractivity (Wildman–Crippen MR) is 66.3 cm³/mol. The van der Waals surface area contributed by atoms with Crippen molar-refractivity contribution in [2.45, 2.75) is 39.0 Å². The topological polar surface area (TPSA) is 29.1 Å². The third-order valence-corrected chi connectivity index (χ3v) is 3.92. The van der Waals surface area contributed by atoms with Crippen molar-refractivity contribution in [1.82, 2.24) is 5.32 Å². The summed E-state index contributed by atoms with van der Waals surface area (Å²) in [4.78, 5) is 11.6. The van der Waals surface area contributed by atoms with Crippen molar-refractivity contribution in [2.24, 2.45) is 5.92 Å². The van der Waals surface area contributed by atoms with Gasteiger partial charge in [-0.25, -0.2) is 0 Å². The zero-order valence-corrected chi connectivity index (χ0v) is 10.1. The fourth-order valence-electron chi connectivity index (χ4n) is 2.00. The summed E-state index contributed by atoms with van der Waals surface area (Å²) in [5.74, 6) is 0.680. The van der Waals surface area contributed by atoms with Gasteiger partial charge >= 0.3 is 0 Å². The molecule has 3 heteroatoms. The van der Waals surface area contributed by atoms with E-state index in [4.69, 9.17) is 0 Å². The van der Waals surface area contributed by atoms with E-state index in [2.05, 4.69) is 24.9 Å². The molecule has 0 aromatic heterocycles. The number of carbonyl (C=O) groups is 1. The molecular formula is C12H19NOS. The Balaban J connectivity index is 2.47. The summed E-state index contributed by atoms with van der Waals surface area (Å²) in [6, 6.07) is 0. The highest BCUT2D eigenvalue weighted by Gasteiger charge is 2.18. The summed E-state index contributed by atoms with van der Waals surface area (Å²) in [6.45, 7) is 5.87. The minimum Gasteiger partial charge on any atom is -0.324 e. The van der Waals surface area contributed by atoms with E-state index >= 15 is 0 Å². The van der Waals surface area contributed by atoms with E-state index in [0.29, 0.717) is 12.3 Å². The number of hydrogen-bond donors (Lipinski definition) is 1. The Bertz CT molecular complexity index is 254. The zero-order chi connectivity index (χ0) is 11.1. The molecule has 1 N–H and O–H groups in total. The predicted octanol–water partition coefficient (Wildman–Crippen LogP) is 3.42. The van der Waals surface area contributed by atoms with Crippen LogP contribution < -0.4 is 5.32 Å². The number of hydrogen-bond acceptors (Lipinski definition) is 2. The lowest BCUT2D eigenvalue weighted by molar-refractivity contribution is -0.108. The van der Waals surface area contributed by atoms with Gasteiger partial charge in [-0.1, -0.05) is 43.7 Å². The van der Waals surface area contributed by atoms with Crippen LogP contribution in [0, 0.1) is 5.92 Å². The van der Waals surface area contributed by atoms with E-state index in [9.17, 15) is 4.79 Å². The van der Waals surface area contributed by atoms with Crippen LogP contribution in [0.15, 0.2) is 22.6 Å². The van der Waals surface area contributed by atoms with Crippen LogP contribution in [0.25, 0.3) is 0 Å². The molecule has 1 amide bonds. The third-order valence-electron chi connectivity index (χ3n) is 2.75. The molecule has 0 atom stereocenters. The quantitative estimate of drug-likeness (QED) is 0.726. The Morgan fingerprint density at radius 2 is 2.07 bits per heavy atom. The molecule has 1 saturated carbocycles. The van der Waals surface area contributed by atoms with Crippen molar-refractivity contribution in [3.05, 3.63) is 22.6 Å². The highest BCUT2D eigenvalue weighted by molar-refractivity contribution is 8.06. The van der Waals surface area contributed by atoms with Crippen molar-refractivity contribution in [2.75, 3.05) is 0 Å². The molecule has 0 bridgehead atoms. The van der Waals surface area contributed by atoms with Crippen LogP contribution in [-0.4, -0.2) is 6.41 Å². The highest BCUT2D eigenvalue weighted by atomic mass is 32.2. The molecule has 15 heavy (non-hydrogen) atoms. The molecular weight excluding hydrogens is 206 g/mol. The van der Waals surface area contributed by atoms with Gasteiger partial charge in [0.2, 0.25) is 6.41 Å². The van der Waals surface area contributed by atoms with Gasteiger partial charge in [-0.15, -0.1) is 0 Å². The van der Waals surface area contributed by atoms with Crippen molar-refractivity contribution in [1.29, 1.82) is 0 Å². The van der Waals surface area contributed by atoms with Gasteiger partial charge < -0.3 is 5.32 Å². The Hall–Kier alpha value is -0.700. The first kappa shape index (κ1) is 12.4. The second kappa shape index (κ2) is 6.72. The zero-order valence-electron chi connectivity index (χ0n) is 9.29. The molecule has 1 aliphatic carbocycles. The Morgan fingerprint density at radius 3 is 2.60 bits per heavy atom. The van der Waals surface area contributed by atoms with Gasteiger partial charge in [-0.05, 0) is 30.6 Å². The average molecular weight is 225 g/mol. The molecule has 0 aliphatic heterocycles. The maximum Gasteiger partial charge on any atom is 0.211 e. The number of carbonyl (C=O) groups excluding carboxylic acids is 1. The summed E-state index contributed by atoms with van der Waals surface area (Å²) < 4.78 is 0. The Kier molecular flexibility index (Phi) is 5.54. The van der Waals surface area contributed by atoms with Gasteiger partial charge in [-0.2, -0.15) is 0 Å². The molecule has 0 saturated heterocycles. The number of nitrogens with one attached hydrogen (secondary N) is 1. The van der Waals surface area contributed by atoms with Crippen LogP contribution in [0.3, 0.4) is 0 Å². The molecule has 0 spiro atoms. The lowest BCUT2D eigenvalue weighted by Crippen LogP contribution is -2.11. The van der Waals surface area contributed by atoms with Gasteiger partial charge in [0.05, 0.1) is 5.03 Å². The molecule has 2 nitrogen and oxygen atoms in total. The van der Waals surface area contributed by atoms with Gasteiger partial charge in [0, 0.05) is 0 Å². The Morgan fingerprint density at radius 1 is 1.40 bits per heavy atom. The summed E-state index contributed by atoms with van der Waals surface area (Å²) in [5, 5.41) is 3.32. The first-order valence-corrected chi connectivity index (χ1v) is 6.32. The van der Waals surface area contributed by atoms with Gasteiger partial charge in [0.15, 0.2) is 0 Å². The van der Waals surface area contributed by atoms with E-state index < -0.39 is 0 Å². The summed E-state index contributed by atoms with van der Waals surface area (Å²) >= 11 is 1.60. The van der Waals surface area contributed by atoms with Gasteiger partial charge in [-0.3, -0.25) is 4.79 Å². The van der Waals surface area contributed by atoms with E-state index in [0.717, 1.165) is 5.03 Å². The standard InChI is InChI=1S/C12H19NOS/c1-3-12(15-10(2)13-9-14)11-7-5-4-6-8-11/h3,9,11H,2,4-8H2,1H3,(H,13,14)/b12-3-. The normalized spacial score (nSPS) is 18.6. The fraction of sp³-hybridized carbons (Fsp3) is 0.583. The first-order chi connectivity index (χ1) is 7.27. The van der Waals surface area contributed by atoms with E-state index in [1.54, 1.807) is 11.8 Å². The van der Waals surface area contributed by atoms with Crippen LogP contribution in [0.1, 0.15) is 39.0 Å². The largest absolute Gasteiger partial charge is 0.324 e. The molecule has 1 rings (SSSR count). The van der Waals surface area contributed by atoms with E-state index in [1.165, 1.54) is 37.0 Å². The SMILES string of the molecule is C=C(NC=O)S/C(=C\C)C1CCCCC1. The van der Waals surface area contributed by atoms with Crippen molar-refractivity contribution in [3.8, 4) is 0 Å². The molecule has 0 heterocycles. The molecule has 1 aliphatic rings. The first-order valence-electron chi connectivity index (χ1n) is 5.51. The summed E-state index contributed by atoms with van der Waals surface area (Å²) in [6.07, 6.45) is 9.42. The van der Waals surface area contributed by atoms with Crippen LogP contribution in [0.2, 0.25) is 0 Å². The van der Waals surface area contributed by atoms with E-state index in [-0.39, 0.29) is 0 Å². The van der Waals surface area contributed by atoms with Crippen molar-refractivity contribution < 1.29 is 4.79 Å². The lowest BCUT2D eigenvalue weighted by Gasteiger charge is -2.24. The lowest BCUT2D eigenvalue weighted by atomic mass is 9.89. The monoisotopic (exact) mass is 225 g/mol. The smallest absolute Gasteiger partial charge is 0.211 e. The second-order valence-corrected chi connectivity index (χ2v) is 4.98. The molecule has 1 fully saturated rings. The Labute approximate surface area is 96.2 Å². The van der Waals surface area contributed by atoms with Crippen LogP contribution in [-0.2, 0) is 4.79 Å². The van der Waals surface area contributed by atoms with Gasteiger partial charge in [0.1, 0.15) is 0 Å². The number of thioether (sulfide) groups is 1. The summed E-state index contributed by atoms with van der Waals surface area (Å²) in [7, 11) is 0. The highest BCUT2D eigenvalue weighted by Crippen LogP contribution is 2.37. The second-order valence-electron chi connectivity index (χ2n) is 3.81. The maximum absolute atomic E-state index is 10.3. The minimum absolute atomic E-state index is 0.680. The molecule has 0 aromatic rings. The maximum atomic E-state index is 10.3. The van der Waals surface area contributed by atoms with E-state index in [1.807, 2.05) is 0 Å². The average Bonchev–Trinajstić information content (AvgIpc) is 2.27. The molecule has 0 aromatic carbocycles. The number of allylic oxidation sites excluding steroid dienone is 2. The van der Waals surface area contributed by atoms with Crippen molar-refractivity contribution >= 4 is 18.2 Å². The minimum atomic E-state index is 0.680. The fourth-order valence-corrected chi connectivity index (χ4v) is 2.91. The molecule has 0 unspecified atom stereocenters. The number of rotatable bonds is 5. The number of amides is 1. The van der Waals surface area contributed by atoms with Crippen LogP contribution in [0.4, 0.5) is 0 Å². The van der Waals surface area contributed by atoms with Crippen molar-refractivity contribution in [3.63, 3.8) is 0 Å². The van der Waals surface area contributed by atoms with Crippen LogP contribution >= 0.6 is 11.8 Å².